The van der Waals surface area contributed by atoms with Crippen molar-refractivity contribution in [2.75, 3.05) is 13.1 Å². The van der Waals surface area contributed by atoms with Gasteiger partial charge in [0.1, 0.15) is 0 Å². The van der Waals surface area contributed by atoms with Gasteiger partial charge in [0.15, 0.2) is 0 Å². The van der Waals surface area contributed by atoms with Gasteiger partial charge in [-0.15, -0.1) is 0 Å². The van der Waals surface area contributed by atoms with E-state index in [9.17, 15) is 0 Å². The summed E-state index contributed by atoms with van der Waals surface area (Å²) in [6, 6.07) is 8.08. The van der Waals surface area contributed by atoms with E-state index in [1.54, 1.807) is 0 Å². The Hall–Kier alpha value is -1.79. The molecular weight excluding hydrogens is 210 g/mol. The van der Waals surface area contributed by atoms with E-state index < -0.39 is 0 Å². The highest BCUT2D eigenvalue weighted by molar-refractivity contribution is 5.84. The largest absolute Gasteiger partial charge is 0.361 e. The first-order chi connectivity index (χ1) is 8.38. The maximum Gasteiger partial charge on any atom is 0.0992 e. The smallest absolute Gasteiger partial charge is 0.0992 e. The number of aromatic amines is 1. The summed E-state index contributed by atoms with van der Waals surface area (Å²) in [6.07, 6.45) is 4.52. The molecule has 2 heterocycles. The molecule has 0 saturated carbocycles. The van der Waals surface area contributed by atoms with Crippen LogP contribution in [0.15, 0.2) is 24.4 Å². The third kappa shape index (κ3) is 1.81. The Kier molecular flexibility index (Phi) is 2.58. The summed E-state index contributed by atoms with van der Waals surface area (Å²) < 4.78 is 0. The van der Waals surface area contributed by atoms with E-state index in [0.29, 0.717) is 5.92 Å². The zero-order valence-corrected chi connectivity index (χ0v) is 9.66. The van der Waals surface area contributed by atoms with Crippen molar-refractivity contribution in [3.63, 3.8) is 0 Å². The van der Waals surface area contributed by atoms with Crippen molar-refractivity contribution >= 4 is 10.9 Å². The Morgan fingerprint density at radius 1 is 1.24 bits per heavy atom. The zero-order valence-electron chi connectivity index (χ0n) is 9.66. The highest BCUT2D eigenvalue weighted by atomic mass is 14.9. The molecule has 1 aromatic heterocycles. The maximum atomic E-state index is 8.88. The normalized spacial score (nSPS) is 17.1. The van der Waals surface area contributed by atoms with Gasteiger partial charge in [-0.25, -0.2) is 0 Å². The molecule has 3 nitrogen and oxygen atoms in total. The molecule has 2 N–H and O–H groups in total. The molecule has 3 rings (SSSR count). The Morgan fingerprint density at radius 2 is 2.06 bits per heavy atom. The highest BCUT2D eigenvalue weighted by Gasteiger charge is 2.18. The number of hydrogen-bond donors (Lipinski definition) is 2. The first-order valence-electron chi connectivity index (χ1n) is 6.10. The number of hydrogen-bond acceptors (Lipinski definition) is 2. The van der Waals surface area contributed by atoms with E-state index in [1.165, 1.54) is 23.8 Å². The van der Waals surface area contributed by atoms with Crippen molar-refractivity contribution in [2.45, 2.75) is 18.8 Å². The quantitative estimate of drug-likeness (QED) is 0.783. The molecule has 0 unspecified atom stereocenters. The van der Waals surface area contributed by atoms with E-state index in [-0.39, 0.29) is 0 Å². The van der Waals surface area contributed by atoms with Gasteiger partial charge in [-0.2, -0.15) is 5.26 Å². The van der Waals surface area contributed by atoms with Crippen LogP contribution >= 0.6 is 0 Å². The number of benzene rings is 1. The fourth-order valence-corrected chi connectivity index (χ4v) is 2.69. The van der Waals surface area contributed by atoms with Crippen LogP contribution in [0.1, 0.15) is 29.9 Å². The predicted octanol–water partition coefficient (Wildman–Crippen LogP) is 2.51. The SMILES string of the molecule is N#Cc1ccc2c(C3CCNCC3)c[nH]c2c1. The third-order valence-electron chi connectivity index (χ3n) is 3.62. The Balaban J connectivity index is 2.03. The van der Waals surface area contributed by atoms with Gasteiger partial charge in [-0.1, -0.05) is 6.07 Å². The zero-order chi connectivity index (χ0) is 11.7. The van der Waals surface area contributed by atoms with Crippen LogP contribution in [-0.4, -0.2) is 18.1 Å². The van der Waals surface area contributed by atoms with Crippen LogP contribution in [-0.2, 0) is 0 Å². The van der Waals surface area contributed by atoms with Crippen LogP contribution < -0.4 is 5.32 Å². The minimum absolute atomic E-state index is 0.651. The van der Waals surface area contributed by atoms with Crippen molar-refractivity contribution in [1.82, 2.24) is 10.3 Å². The number of H-pyrrole nitrogens is 1. The van der Waals surface area contributed by atoms with Crippen molar-refractivity contribution < 1.29 is 0 Å². The minimum atomic E-state index is 0.651. The second-order valence-corrected chi connectivity index (χ2v) is 4.64. The van der Waals surface area contributed by atoms with Crippen LogP contribution in [0.3, 0.4) is 0 Å². The molecule has 1 fully saturated rings. The fraction of sp³-hybridized carbons (Fsp3) is 0.357. The van der Waals surface area contributed by atoms with Gasteiger partial charge < -0.3 is 10.3 Å². The Morgan fingerprint density at radius 3 is 2.82 bits per heavy atom. The summed E-state index contributed by atoms with van der Waals surface area (Å²) in [5.74, 6) is 0.651. The molecule has 0 amide bonds. The van der Waals surface area contributed by atoms with E-state index in [2.05, 4.69) is 28.6 Å². The van der Waals surface area contributed by atoms with E-state index in [4.69, 9.17) is 5.26 Å². The van der Waals surface area contributed by atoms with E-state index >= 15 is 0 Å². The molecule has 17 heavy (non-hydrogen) atoms. The summed E-state index contributed by atoms with van der Waals surface area (Å²) in [5.41, 5.74) is 3.21. The summed E-state index contributed by atoms with van der Waals surface area (Å²) in [4.78, 5) is 3.29. The van der Waals surface area contributed by atoms with Crippen LogP contribution in [0.2, 0.25) is 0 Å². The molecule has 3 heteroatoms. The molecule has 0 aliphatic carbocycles. The van der Waals surface area contributed by atoms with Gasteiger partial charge in [0.05, 0.1) is 11.6 Å². The molecule has 86 valence electrons. The standard InChI is InChI=1S/C14H15N3/c15-8-10-1-2-12-13(9-17-14(12)7-10)11-3-5-16-6-4-11/h1-2,7,9,11,16-17H,3-6H2. The Labute approximate surface area is 100 Å². The molecule has 1 aliphatic heterocycles. The monoisotopic (exact) mass is 225 g/mol. The molecule has 1 aliphatic rings. The van der Waals surface area contributed by atoms with E-state index in [1.807, 2.05) is 12.1 Å². The van der Waals surface area contributed by atoms with Crippen molar-refractivity contribution in [3.05, 3.63) is 35.5 Å². The summed E-state index contributed by atoms with van der Waals surface area (Å²) in [6.45, 7) is 2.21. The highest BCUT2D eigenvalue weighted by Crippen LogP contribution is 2.31. The van der Waals surface area contributed by atoms with E-state index in [0.717, 1.165) is 24.2 Å². The fourth-order valence-electron chi connectivity index (χ4n) is 2.69. The Bertz CT molecular complexity index is 571. The lowest BCUT2D eigenvalue weighted by molar-refractivity contribution is 0.462. The van der Waals surface area contributed by atoms with Crippen LogP contribution in [0, 0.1) is 11.3 Å². The van der Waals surface area contributed by atoms with Gasteiger partial charge in [0, 0.05) is 17.1 Å². The van der Waals surface area contributed by atoms with Crippen molar-refractivity contribution in [3.8, 4) is 6.07 Å². The molecule has 0 bridgehead atoms. The topological polar surface area (TPSA) is 51.6 Å². The predicted molar refractivity (Wildman–Crippen MR) is 67.9 cm³/mol. The van der Waals surface area contributed by atoms with Crippen LogP contribution in [0.5, 0.6) is 0 Å². The molecule has 0 atom stereocenters. The number of aromatic nitrogens is 1. The molecule has 0 spiro atoms. The lowest BCUT2D eigenvalue weighted by Crippen LogP contribution is -2.26. The van der Waals surface area contributed by atoms with Crippen molar-refractivity contribution in [1.29, 1.82) is 5.26 Å². The lowest BCUT2D eigenvalue weighted by atomic mass is 9.90. The number of nitriles is 1. The molecule has 0 radical (unpaired) electrons. The average Bonchev–Trinajstić information content (AvgIpc) is 2.82. The van der Waals surface area contributed by atoms with Crippen molar-refractivity contribution in [2.24, 2.45) is 0 Å². The number of piperidine rings is 1. The number of rotatable bonds is 1. The molecule has 1 saturated heterocycles. The number of fused-ring (bicyclic) bond motifs is 1. The lowest BCUT2D eigenvalue weighted by Gasteiger charge is -2.22. The van der Waals surface area contributed by atoms with Gasteiger partial charge in [-0.05, 0) is 49.5 Å². The van der Waals surface area contributed by atoms with Gasteiger partial charge in [0.25, 0.3) is 0 Å². The molecule has 1 aromatic carbocycles. The van der Waals surface area contributed by atoms with Crippen LogP contribution in [0.25, 0.3) is 10.9 Å². The summed E-state index contributed by atoms with van der Waals surface area (Å²) in [5, 5.41) is 13.5. The summed E-state index contributed by atoms with van der Waals surface area (Å²) >= 11 is 0. The maximum absolute atomic E-state index is 8.88. The number of nitrogens with one attached hydrogen (secondary N) is 2. The molecule has 2 aromatic rings. The number of nitrogens with zero attached hydrogens (tertiary/aromatic N) is 1. The van der Waals surface area contributed by atoms with Gasteiger partial charge in [-0.3, -0.25) is 0 Å². The second-order valence-electron chi connectivity index (χ2n) is 4.64. The molecular formula is C14H15N3. The average molecular weight is 225 g/mol. The minimum Gasteiger partial charge on any atom is -0.361 e. The van der Waals surface area contributed by atoms with Crippen LogP contribution in [0.4, 0.5) is 0 Å². The second kappa shape index (κ2) is 4.23. The first kappa shape index (κ1) is 10.4. The van der Waals surface area contributed by atoms with Gasteiger partial charge in [0.2, 0.25) is 0 Å². The van der Waals surface area contributed by atoms with Gasteiger partial charge >= 0.3 is 0 Å². The summed E-state index contributed by atoms with van der Waals surface area (Å²) in [7, 11) is 0. The first-order valence-corrected chi connectivity index (χ1v) is 6.10. The third-order valence-corrected chi connectivity index (χ3v) is 3.62.